The van der Waals surface area contributed by atoms with Gasteiger partial charge in [0.2, 0.25) is 15.9 Å². The molecule has 0 saturated heterocycles. The van der Waals surface area contributed by atoms with E-state index in [1.165, 1.54) is 17.0 Å². The summed E-state index contributed by atoms with van der Waals surface area (Å²) < 4.78 is 37.9. The van der Waals surface area contributed by atoms with Gasteiger partial charge in [-0.1, -0.05) is 11.6 Å². The molecular formula is C20H25ClN2O5S. The standard InChI is InChI=1S/C20H25ClN2O5S/c1-3-27-17-8-10-19(11-9-17)29(25,26)22-13-12-20(24)23(2)14-15-28-18-6-4-16(21)5-7-18/h4-11,22H,3,12-15H2,1-2H3. The van der Waals surface area contributed by atoms with Gasteiger partial charge in [0.25, 0.3) is 0 Å². The van der Waals surface area contributed by atoms with Crippen LogP contribution < -0.4 is 14.2 Å². The summed E-state index contributed by atoms with van der Waals surface area (Å²) in [6.07, 6.45) is 0.0493. The van der Waals surface area contributed by atoms with Crippen LogP contribution in [0.1, 0.15) is 13.3 Å². The maximum Gasteiger partial charge on any atom is 0.240 e. The fraction of sp³-hybridized carbons (Fsp3) is 0.350. The molecule has 2 aromatic carbocycles. The largest absolute Gasteiger partial charge is 0.494 e. The van der Waals surface area contributed by atoms with Crippen molar-refractivity contribution in [1.29, 1.82) is 0 Å². The average molecular weight is 441 g/mol. The van der Waals surface area contributed by atoms with Gasteiger partial charge < -0.3 is 14.4 Å². The Hall–Kier alpha value is -2.29. The van der Waals surface area contributed by atoms with Crippen LogP contribution in [0.4, 0.5) is 0 Å². The molecule has 0 fully saturated rings. The van der Waals surface area contributed by atoms with Gasteiger partial charge in [-0.15, -0.1) is 0 Å². The zero-order valence-electron chi connectivity index (χ0n) is 16.4. The molecule has 1 amide bonds. The number of nitrogens with one attached hydrogen (secondary N) is 1. The molecule has 0 radical (unpaired) electrons. The van der Waals surface area contributed by atoms with E-state index in [-0.39, 0.29) is 23.8 Å². The summed E-state index contributed by atoms with van der Waals surface area (Å²) in [4.78, 5) is 13.8. The van der Waals surface area contributed by atoms with Gasteiger partial charge in [0, 0.05) is 25.0 Å². The van der Waals surface area contributed by atoms with E-state index in [1.54, 1.807) is 43.4 Å². The minimum Gasteiger partial charge on any atom is -0.494 e. The number of sulfonamides is 1. The number of hydrogen-bond donors (Lipinski definition) is 1. The molecule has 0 aliphatic rings. The van der Waals surface area contributed by atoms with Crippen molar-refractivity contribution in [2.45, 2.75) is 18.2 Å². The van der Waals surface area contributed by atoms with Crippen LogP contribution in [0.15, 0.2) is 53.4 Å². The van der Waals surface area contributed by atoms with Crippen molar-refractivity contribution in [3.05, 3.63) is 53.6 Å². The number of rotatable bonds is 11. The molecule has 1 N–H and O–H groups in total. The molecule has 0 heterocycles. The van der Waals surface area contributed by atoms with Crippen molar-refractivity contribution < 1.29 is 22.7 Å². The SMILES string of the molecule is CCOc1ccc(S(=O)(=O)NCCC(=O)N(C)CCOc2ccc(Cl)cc2)cc1. The lowest BCUT2D eigenvalue weighted by Crippen LogP contribution is -2.34. The van der Waals surface area contributed by atoms with Crippen LogP contribution in [-0.4, -0.2) is 52.6 Å². The molecule has 0 atom stereocenters. The Labute approximate surface area is 176 Å². The second-order valence-electron chi connectivity index (χ2n) is 6.17. The molecule has 158 valence electrons. The second kappa shape index (κ2) is 11.0. The first kappa shape index (κ1) is 23.0. The van der Waals surface area contributed by atoms with Crippen molar-refractivity contribution in [2.24, 2.45) is 0 Å². The summed E-state index contributed by atoms with van der Waals surface area (Å²) in [5, 5.41) is 0.623. The van der Waals surface area contributed by atoms with Gasteiger partial charge in [0.1, 0.15) is 18.1 Å². The minimum atomic E-state index is -3.68. The van der Waals surface area contributed by atoms with Crippen LogP contribution in [0.25, 0.3) is 0 Å². The number of carbonyl (C=O) groups excluding carboxylic acids is 1. The molecule has 2 rings (SSSR count). The van der Waals surface area contributed by atoms with Gasteiger partial charge in [0.15, 0.2) is 0 Å². The zero-order chi connectivity index (χ0) is 21.3. The van der Waals surface area contributed by atoms with Crippen LogP contribution in [0, 0.1) is 0 Å². The van der Waals surface area contributed by atoms with Crippen LogP contribution in [-0.2, 0) is 14.8 Å². The van der Waals surface area contributed by atoms with Gasteiger partial charge in [-0.3, -0.25) is 4.79 Å². The molecule has 2 aromatic rings. The summed E-state index contributed by atoms with van der Waals surface area (Å²) in [5.41, 5.74) is 0. The summed E-state index contributed by atoms with van der Waals surface area (Å²) in [6.45, 7) is 3.07. The van der Waals surface area contributed by atoms with Gasteiger partial charge >= 0.3 is 0 Å². The predicted octanol–water partition coefficient (Wildman–Crippen LogP) is 2.94. The molecule has 0 aliphatic heterocycles. The molecule has 9 heteroatoms. The maximum absolute atomic E-state index is 12.3. The fourth-order valence-corrected chi connectivity index (χ4v) is 3.56. The van der Waals surface area contributed by atoms with E-state index >= 15 is 0 Å². The number of nitrogens with zero attached hydrogens (tertiary/aromatic N) is 1. The first-order chi connectivity index (χ1) is 13.8. The van der Waals surface area contributed by atoms with Gasteiger partial charge in [0.05, 0.1) is 18.0 Å². The smallest absolute Gasteiger partial charge is 0.240 e. The molecule has 0 aliphatic carbocycles. The number of hydrogen-bond acceptors (Lipinski definition) is 5. The number of benzene rings is 2. The third-order valence-electron chi connectivity index (χ3n) is 4.01. The first-order valence-corrected chi connectivity index (χ1v) is 11.0. The van der Waals surface area contributed by atoms with Crippen molar-refractivity contribution in [2.75, 3.05) is 33.4 Å². The molecule has 0 aromatic heterocycles. The quantitative estimate of drug-likeness (QED) is 0.580. The highest BCUT2D eigenvalue weighted by Crippen LogP contribution is 2.16. The zero-order valence-corrected chi connectivity index (χ0v) is 18.0. The van der Waals surface area contributed by atoms with Crippen molar-refractivity contribution in [1.82, 2.24) is 9.62 Å². The van der Waals surface area contributed by atoms with E-state index in [9.17, 15) is 13.2 Å². The van der Waals surface area contributed by atoms with Crippen LogP contribution in [0.3, 0.4) is 0 Å². The van der Waals surface area contributed by atoms with Crippen LogP contribution >= 0.6 is 11.6 Å². The van der Waals surface area contributed by atoms with Crippen LogP contribution in [0.2, 0.25) is 5.02 Å². The highest BCUT2D eigenvalue weighted by atomic mass is 35.5. The van der Waals surface area contributed by atoms with E-state index in [2.05, 4.69) is 4.72 Å². The average Bonchev–Trinajstić information content (AvgIpc) is 2.70. The van der Waals surface area contributed by atoms with Gasteiger partial charge in [-0.05, 0) is 55.5 Å². The number of ether oxygens (including phenoxy) is 2. The molecule has 7 nitrogen and oxygen atoms in total. The highest BCUT2D eigenvalue weighted by Gasteiger charge is 2.15. The fourth-order valence-electron chi connectivity index (χ4n) is 2.40. The van der Waals surface area contributed by atoms with E-state index in [4.69, 9.17) is 21.1 Å². The van der Waals surface area contributed by atoms with E-state index in [0.717, 1.165) is 0 Å². The molecular weight excluding hydrogens is 416 g/mol. The number of halogens is 1. The monoisotopic (exact) mass is 440 g/mol. The summed E-state index contributed by atoms with van der Waals surface area (Å²) in [6, 6.07) is 13.1. The third-order valence-corrected chi connectivity index (χ3v) is 5.74. The summed E-state index contributed by atoms with van der Waals surface area (Å²) in [7, 11) is -2.03. The van der Waals surface area contributed by atoms with Gasteiger partial charge in [-0.2, -0.15) is 0 Å². The topological polar surface area (TPSA) is 84.9 Å². The number of amides is 1. The third kappa shape index (κ3) is 7.56. The first-order valence-electron chi connectivity index (χ1n) is 9.16. The van der Waals surface area contributed by atoms with Crippen LogP contribution in [0.5, 0.6) is 11.5 Å². The lowest BCUT2D eigenvalue weighted by molar-refractivity contribution is -0.130. The Morgan fingerprint density at radius 2 is 1.62 bits per heavy atom. The Balaban J connectivity index is 1.73. The lowest BCUT2D eigenvalue weighted by atomic mass is 10.3. The highest BCUT2D eigenvalue weighted by molar-refractivity contribution is 7.89. The van der Waals surface area contributed by atoms with E-state index in [1.807, 2.05) is 6.92 Å². The molecule has 0 unspecified atom stereocenters. The predicted molar refractivity (Wildman–Crippen MR) is 112 cm³/mol. The molecule has 0 bridgehead atoms. The van der Waals surface area contributed by atoms with Gasteiger partial charge in [-0.25, -0.2) is 13.1 Å². The van der Waals surface area contributed by atoms with Crippen molar-refractivity contribution in [3.8, 4) is 11.5 Å². The summed E-state index contributed by atoms with van der Waals surface area (Å²) >= 11 is 5.81. The molecule has 0 saturated carbocycles. The number of likely N-dealkylation sites (N-methyl/N-ethyl adjacent to an activating group) is 1. The Morgan fingerprint density at radius 1 is 1.03 bits per heavy atom. The van der Waals surface area contributed by atoms with E-state index in [0.29, 0.717) is 36.3 Å². The Morgan fingerprint density at radius 3 is 2.24 bits per heavy atom. The van der Waals surface area contributed by atoms with E-state index < -0.39 is 10.0 Å². The minimum absolute atomic E-state index is 0.0107. The maximum atomic E-state index is 12.3. The normalized spacial score (nSPS) is 11.1. The lowest BCUT2D eigenvalue weighted by Gasteiger charge is -2.17. The Kier molecular flexibility index (Phi) is 8.75. The number of carbonyl (C=O) groups is 1. The second-order valence-corrected chi connectivity index (χ2v) is 8.37. The molecule has 0 spiro atoms. The Bertz CT molecular complexity index is 886. The van der Waals surface area contributed by atoms with Crippen molar-refractivity contribution >= 4 is 27.5 Å². The summed E-state index contributed by atoms with van der Waals surface area (Å²) in [5.74, 6) is 1.08. The molecule has 29 heavy (non-hydrogen) atoms. The van der Waals surface area contributed by atoms with Crippen molar-refractivity contribution in [3.63, 3.8) is 0 Å².